The summed E-state index contributed by atoms with van der Waals surface area (Å²) >= 11 is 0. The Labute approximate surface area is 139 Å². The number of carbonyl (C=O) groups excluding carboxylic acids is 2. The summed E-state index contributed by atoms with van der Waals surface area (Å²) in [6.45, 7) is 1.49. The number of Topliss-reactive ketones (excluding diaryl/α,β-unsaturated/α-hetero) is 1. The number of hydrogen-bond acceptors (Lipinski definition) is 3. The van der Waals surface area contributed by atoms with Gasteiger partial charge in [0.25, 0.3) is 0 Å². The molecule has 0 spiro atoms. The summed E-state index contributed by atoms with van der Waals surface area (Å²) in [6, 6.07) is 12.8. The minimum absolute atomic E-state index is 0.0650. The van der Waals surface area contributed by atoms with Crippen LogP contribution in [0.3, 0.4) is 0 Å². The molecule has 5 heteroatoms. The van der Waals surface area contributed by atoms with E-state index in [0.717, 1.165) is 16.5 Å². The number of nitrogens with one attached hydrogen (secondary N) is 2. The Hall–Kier alpha value is -3.08. The average molecular weight is 322 g/mol. The molecule has 3 aromatic rings. The Morgan fingerprint density at radius 2 is 1.96 bits per heavy atom. The van der Waals surface area contributed by atoms with E-state index in [-0.39, 0.29) is 18.1 Å². The number of fused-ring (bicyclic) bond motifs is 1. The fourth-order valence-corrected chi connectivity index (χ4v) is 2.67. The van der Waals surface area contributed by atoms with Crippen molar-refractivity contribution in [3.8, 4) is 5.75 Å². The molecule has 0 aliphatic rings. The molecule has 5 nitrogen and oxygen atoms in total. The second-order valence-corrected chi connectivity index (χ2v) is 5.56. The van der Waals surface area contributed by atoms with E-state index in [1.807, 2.05) is 30.5 Å². The van der Waals surface area contributed by atoms with E-state index in [1.54, 1.807) is 18.2 Å². The van der Waals surface area contributed by atoms with Crippen LogP contribution in [0.25, 0.3) is 10.9 Å². The molecule has 0 aliphatic heterocycles. The van der Waals surface area contributed by atoms with Crippen molar-refractivity contribution in [3.63, 3.8) is 0 Å². The van der Waals surface area contributed by atoms with Gasteiger partial charge in [0.1, 0.15) is 5.75 Å². The van der Waals surface area contributed by atoms with Gasteiger partial charge in [-0.1, -0.05) is 18.2 Å². The van der Waals surface area contributed by atoms with Crippen molar-refractivity contribution in [1.29, 1.82) is 0 Å². The molecule has 2 N–H and O–H groups in total. The third-order valence-corrected chi connectivity index (χ3v) is 3.91. The monoisotopic (exact) mass is 322 g/mol. The van der Waals surface area contributed by atoms with Crippen molar-refractivity contribution in [2.45, 2.75) is 13.3 Å². The third kappa shape index (κ3) is 3.15. The lowest BCUT2D eigenvalue weighted by Gasteiger charge is -2.11. The van der Waals surface area contributed by atoms with E-state index in [2.05, 4.69) is 10.3 Å². The van der Waals surface area contributed by atoms with E-state index in [9.17, 15) is 9.59 Å². The molecule has 0 radical (unpaired) electrons. The molecule has 0 saturated heterocycles. The summed E-state index contributed by atoms with van der Waals surface area (Å²) in [5, 5.41) is 3.85. The van der Waals surface area contributed by atoms with Gasteiger partial charge >= 0.3 is 0 Å². The summed E-state index contributed by atoms with van der Waals surface area (Å²) in [6.07, 6.45) is 2.07. The van der Waals surface area contributed by atoms with Crippen LogP contribution in [0.5, 0.6) is 5.75 Å². The predicted molar refractivity (Wildman–Crippen MR) is 93.6 cm³/mol. The Balaban J connectivity index is 1.82. The molecule has 1 aromatic heterocycles. The highest BCUT2D eigenvalue weighted by molar-refractivity contribution is 5.99. The summed E-state index contributed by atoms with van der Waals surface area (Å²) in [5.74, 6) is 0.288. The van der Waals surface area contributed by atoms with Gasteiger partial charge in [-0.15, -0.1) is 0 Å². The van der Waals surface area contributed by atoms with Crippen molar-refractivity contribution in [3.05, 3.63) is 59.8 Å². The molecule has 1 amide bonds. The van der Waals surface area contributed by atoms with Crippen molar-refractivity contribution in [1.82, 2.24) is 4.98 Å². The largest absolute Gasteiger partial charge is 0.495 e. The number of anilines is 1. The molecule has 1 heterocycles. The van der Waals surface area contributed by atoms with E-state index in [4.69, 9.17) is 4.74 Å². The van der Waals surface area contributed by atoms with Gasteiger partial charge < -0.3 is 15.0 Å². The number of methoxy groups -OCH3 is 1. The van der Waals surface area contributed by atoms with E-state index >= 15 is 0 Å². The minimum atomic E-state index is -0.168. The standard InChI is InChI=1S/C19H18N2O3/c1-12(22)13-7-8-18(24-2)17(9-13)21-19(23)10-14-11-20-16-6-4-3-5-15(14)16/h3-9,11,20H,10H2,1-2H3,(H,21,23). The van der Waals surface area contributed by atoms with Crippen LogP contribution in [0.1, 0.15) is 22.8 Å². The van der Waals surface area contributed by atoms with Gasteiger partial charge in [0.05, 0.1) is 19.2 Å². The molecule has 122 valence electrons. The normalized spacial score (nSPS) is 10.6. The van der Waals surface area contributed by atoms with Crippen LogP contribution in [0.2, 0.25) is 0 Å². The van der Waals surface area contributed by atoms with E-state index < -0.39 is 0 Å². The van der Waals surface area contributed by atoms with Crippen LogP contribution < -0.4 is 10.1 Å². The van der Waals surface area contributed by atoms with Crippen LogP contribution in [-0.2, 0) is 11.2 Å². The zero-order valence-electron chi connectivity index (χ0n) is 13.6. The lowest BCUT2D eigenvalue weighted by molar-refractivity contribution is -0.115. The fraction of sp³-hybridized carbons (Fsp3) is 0.158. The number of hydrogen-bond donors (Lipinski definition) is 2. The van der Waals surface area contributed by atoms with Gasteiger partial charge in [0.2, 0.25) is 5.91 Å². The average Bonchev–Trinajstić information content (AvgIpc) is 2.98. The summed E-state index contributed by atoms with van der Waals surface area (Å²) < 4.78 is 5.25. The third-order valence-electron chi connectivity index (χ3n) is 3.91. The van der Waals surface area contributed by atoms with Crippen LogP contribution >= 0.6 is 0 Å². The number of carbonyl (C=O) groups is 2. The number of para-hydroxylation sites is 1. The molecule has 24 heavy (non-hydrogen) atoms. The lowest BCUT2D eigenvalue weighted by atomic mass is 10.1. The van der Waals surface area contributed by atoms with Crippen molar-refractivity contribution < 1.29 is 14.3 Å². The van der Waals surface area contributed by atoms with Crippen LogP contribution in [-0.4, -0.2) is 23.8 Å². The smallest absolute Gasteiger partial charge is 0.228 e. The topological polar surface area (TPSA) is 71.2 Å². The van der Waals surface area contributed by atoms with Gasteiger partial charge in [-0.25, -0.2) is 0 Å². The molecule has 0 saturated carbocycles. The molecule has 3 rings (SSSR count). The molecule has 0 bridgehead atoms. The SMILES string of the molecule is COc1ccc(C(C)=O)cc1NC(=O)Cc1c[nH]c2ccccc12. The summed E-state index contributed by atoms with van der Waals surface area (Å²) in [5.41, 5.74) is 2.94. The van der Waals surface area contributed by atoms with Crippen molar-refractivity contribution in [2.24, 2.45) is 0 Å². The number of rotatable bonds is 5. The maximum absolute atomic E-state index is 12.4. The summed E-state index contributed by atoms with van der Waals surface area (Å²) in [7, 11) is 1.53. The number of amides is 1. The number of aromatic nitrogens is 1. The predicted octanol–water partition coefficient (Wildman–Crippen LogP) is 3.56. The highest BCUT2D eigenvalue weighted by Gasteiger charge is 2.13. The first-order valence-corrected chi connectivity index (χ1v) is 7.62. The van der Waals surface area contributed by atoms with Crippen LogP contribution in [0, 0.1) is 0 Å². The quantitative estimate of drug-likeness (QED) is 0.706. The van der Waals surface area contributed by atoms with E-state index in [1.165, 1.54) is 14.0 Å². The number of aromatic amines is 1. The molecule has 0 aliphatic carbocycles. The lowest BCUT2D eigenvalue weighted by Crippen LogP contribution is -2.15. The Morgan fingerprint density at radius 3 is 2.71 bits per heavy atom. The fourth-order valence-electron chi connectivity index (χ4n) is 2.67. The van der Waals surface area contributed by atoms with Crippen molar-refractivity contribution in [2.75, 3.05) is 12.4 Å². The maximum atomic E-state index is 12.4. The van der Waals surface area contributed by atoms with Gasteiger partial charge in [-0.05, 0) is 36.8 Å². The van der Waals surface area contributed by atoms with Gasteiger partial charge in [-0.3, -0.25) is 9.59 Å². The Kier molecular flexibility index (Phi) is 4.33. The number of ketones is 1. The number of H-pyrrole nitrogens is 1. The molecule has 0 atom stereocenters. The van der Waals surface area contributed by atoms with Crippen LogP contribution in [0.15, 0.2) is 48.7 Å². The van der Waals surface area contributed by atoms with Crippen LogP contribution in [0.4, 0.5) is 5.69 Å². The van der Waals surface area contributed by atoms with Gasteiger partial charge in [-0.2, -0.15) is 0 Å². The molecular weight excluding hydrogens is 304 g/mol. The Morgan fingerprint density at radius 1 is 1.17 bits per heavy atom. The highest BCUT2D eigenvalue weighted by atomic mass is 16.5. The molecular formula is C19H18N2O3. The van der Waals surface area contributed by atoms with Crippen molar-refractivity contribution >= 4 is 28.3 Å². The number of benzene rings is 2. The zero-order chi connectivity index (χ0) is 17.1. The summed E-state index contributed by atoms with van der Waals surface area (Å²) in [4.78, 5) is 27.1. The van der Waals surface area contributed by atoms with E-state index in [0.29, 0.717) is 17.0 Å². The minimum Gasteiger partial charge on any atom is -0.495 e. The Bertz CT molecular complexity index is 912. The highest BCUT2D eigenvalue weighted by Crippen LogP contribution is 2.26. The van der Waals surface area contributed by atoms with Gasteiger partial charge in [0, 0.05) is 22.7 Å². The number of ether oxygens (including phenoxy) is 1. The molecule has 0 fully saturated rings. The maximum Gasteiger partial charge on any atom is 0.228 e. The second-order valence-electron chi connectivity index (χ2n) is 5.56. The zero-order valence-corrected chi connectivity index (χ0v) is 13.6. The first-order valence-electron chi connectivity index (χ1n) is 7.62. The van der Waals surface area contributed by atoms with Gasteiger partial charge in [0.15, 0.2) is 5.78 Å². The second kappa shape index (κ2) is 6.58. The first-order chi connectivity index (χ1) is 11.6. The molecule has 2 aromatic carbocycles. The molecule has 0 unspecified atom stereocenters. The first kappa shape index (κ1) is 15.8.